The molecule has 6 heteroatoms. The molecule has 1 aromatic heterocycles. The van der Waals surface area contributed by atoms with Crippen LogP contribution >= 0.6 is 11.8 Å². The van der Waals surface area contributed by atoms with Gasteiger partial charge in [0.25, 0.3) is 5.56 Å². The standard InChI is InChI=1S/C20H21N3O2S/c1-2-23-19(25)16-11-14-7-3-4-8-15(14)12-17(16)21-20(23)26-13-18(24)22-9-5-6-10-22/h3-4,7-8,11-12H,2,5-6,9-10,13H2,1H3. The van der Waals surface area contributed by atoms with E-state index in [1.165, 1.54) is 11.8 Å². The number of carbonyl (C=O) groups is 1. The molecular formula is C20H21N3O2S. The molecule has 0 radical (unpaired) electrons. The summed E-state index contributed by atoms with van der Waals surface area (Å²) in [5.41, 5.74) is 0.647. The highest BCUT2D eigenvalue weighted by Crippen LogP contribution is 2.23. The zero-order valence-electron chi connectivity index (χ0n) is 14.8. The van der Waals surface area contributed by atoms with Crippen LogP contribution in [0.4, 0.5) is 0 Å². The number of amides is 1. The van der Waals surface area contributed by atoms with Gasteiger partial charge in [-0.2, -0.15) is 0 Å². The van der Waals surface area contributed by atoms with Crippen LogP contribution < -0.4 is 5.56 Å². The van der Waals surface area contributed by atoms with Crippen molar-refractivity contribution in [2.45, 2.75) is 31.5 Å². The molecule has 134 valence electrons. The Morgan fingerprint density at radius 1 is 1.15 bits per heavy atom. The fourth-order valence-corrected chi connectivity index (χ4v) is 4.43. The number of hydrogen-bond donors (Lipinski definition) is 0. The van der Waals surface area contributed by atoms with E-state index in [0.717, 1.165) is 36.7 Å². The van der Waals surface area contributed by atoms with Gasteiger partial charge in [-0.05, 0) is 42.7 Å². The summed E-state index contributed by atoms with van der Waals surface area (Å²) in [5, 5.41) is 3.34. The Morgan fingerprint density at radius 2 is 1.85 bits per heavy atom. The molecule has 26 heavy (non-hydrogen) atoms. The first-order chi connectivity index (χ1) is 12.7. The third kappa shape index (κ3) is 3.09. The minimum atomic E-state index is -0.0422. The van der Waals surface area contributed by atoms with Gasteiger partial charge in [0, 0.05) is 19.6 Å². The van der Waals surface area contributed by atoms with Crippen LogP contribution in [0.2, 0.25) is 0 Å². The van der Waals surface area contributed by atoms with E-state index in [-0.39, 0.29) is 11.5 Å². The van der Waals surface area contributed by atoms with Crippen LogP contribution in [-0.2, 0) is 11.3 Å². The summed E-state index contributed by atoms with van der Waals surface area (Å²) in [7, 11) is 0. The maximum atomic E-state index is 12.9. The van der Waals surface area contributed by atoms with Gasteiger partial charge in [-0.1, -0.05) is 36.0 Å². The predicted molar refractivity (Wildman–Crippen MR) is 106 cm³/mol. The minimum Gasteiger partial charge on any atom is -0.342 e. The lowest BCUT2D eigenvalue weighted by atomic mass is 10.1. The molecule has 3 aromatic rings. The van der Waals surface area contributed by atoms with Crippen molar-refractivity contribution in [1.29, 1.82) is 0 Å². The SMILES string of the molecule is CCn1c(SCC(=O)N2CCCC2)nc2cc3ccccc3cc2c1=O. The van der Waals surface area contributed by atoms with Gasteiger partial charge in [-0.3, -0.25) is 14.2 Å². The first kappa shape index (κ1) is 17.1. The summed E-state index contributed by atoms with van der Waals surface area (Å²) >= 11 is 1.36. The molecule has 0 atom stereocenters. The molecule has 1 fully saturated rings. The number of rotatable bonds is 4. The van der Waals surface area contributed by atoms with Crippen LogP contribution in [0.5, 0.6) is 0 Å². The molecule has 2 aromatic carbocycles. The summed E-state index contributed by atoms with van der Waals surface area (Å²) in [6.45, 7) is 4.16. The zero-order chi connectivity index (χ0) is 18.1. The fraction of sp³-hybridized carbons (Fsp3) is 0.350. The first-order valence-electron chi connectivity index (χ1n) is 9.01. The zero-order valence-corrected chi connectivity index (χ0v) is 15.6. The molecule has 1 aliphatic heterocycles. The lowest BCUT2D eigenvalue weighted by Gasteiger charge is -2.16. The van der Waals surface area contributed by atoms with Gasteiger partial charge < -0.3 is 4.90 Å². The third-order valence-corrected chi connectivity index (χ3v) is 5.85. The first-order valence-corrected chi connectivity index (χ1v) is 10.00. The second kappa shape index (κ2) is 7.11. The molecule has 0 bridgehead atoms. The van der Waals surface area contributed by atoms with E-state index < -0.39 is 0 Å². The largest absolute Gasteiger partial charge is 0.342 e. The molecule has 4 rings (SSSR count). The second-order valence-electron chi connectivity index (χ2n) is 6.54. The highest BCUT2D eigenvalue weighted by atomic mass is 32.2. The number of thioether (sulfide) groups is 1. The average molecular weight is 367 g/mol. The van der Waals surface area contributed by atoms with Crippen LogP contribution in [-0.4, -0.2) is 39.2 Å². The van der Waals surface area contributed by atoms with Gasteiger partial charge in [-0.15, -0.1) is 0 Å². The van der Waals surface area contributed by atoms with Gasteiger partial charge in [-0.25, -0.2) is 4.98 Å². The highest BCUT2D eigenvalue weighted by molar-refractivity contribution is 7.99. The van der Waals surface area contributed by atoms with Crippen molar-refractivity contribution in [2.75, 3.05) is 18.8 Å². The van der Waals surface area contributed by atoms with Crippen molar-refractivity contribution < 1.29 is 4.79 Å². The number of fused-ring (bicyclic) bond motifs is 2. The van der Waals surface area contributed by atoms with E-state index in [0.29, 0.717) is 28.4 Å². The van der Waals surface area contributed by atoms with Crippen molar-refractivity contribution >= 4 is 39.3 Å². The topological polar surface area (TPSA) is 55.2 Å². The van der Waals surface area contributed by atoms with Crippen molar-refractivity contribution in [2.24, 2.45) is 0 Å². The molecule has 2 heterocycles. The quantitative estimate of drug-likeness (QED) is 0.403. The Balaban J connectivity index is 1.72. The summed E-state index contributed by atoms with van der Waals surface area (Å²) in [5.74, 6) is 0.453. The van der Waals surface area contributed by atoms with E-state index in [2.05, 4.69) is 0 Å². The van der Waals surface area contributed by atoms with Crippen molar-refractivity contribution in [3.8, 4) is 0 Å². The Bertz CT molecular complexity index is 1040. The van der Waals surface area contributed by atoms with Gasteiger partial charge >= 0.3 is 0 Å². The van der Waals surface area contributed by atoms with Crippen LogP contribution in [0.25, 0.3) is 21.7 Å². The lowest BCUT2D eigenvalue weighted by Crippen LogP contribution is -2.30. The molecule has 0 aliphatic carbocycles. The normalized spacial score (nSPS) is 14.4. The summed E-state index contributed by atoms with van der Waals surface area (Å²) in [6, 6.07) is 11.8. The van der Waals surface area contributed by atoms with Crippen molar-refractivity contribution in [3.05, 3.63) is 46.8 Å². The minimum absolute atomic E-state index is 0.0422. The molecule has 0 saturated carbocycles. The van der Waals surface area contributed by atoms with Crippen molar-refractivity contribution in [1.82, 2.24) is 14.5 Å². The molecule has 1 aliphatic rings. The molecule has 1 amide bonds. The van der Waals surface area contributed by atoms with Crippen LogP contribution in [0.15, 0.2) is 46.3 Å². The van der Waals surface area contributed by atoms with E-state index in [9.17, 15) is 9.59 Å². The number of benzene rings is 2. The van der Waals surface area contributed by atoms with Crippen LogP contribution in [0.3, 0.4) is 0 Å². The average Bonchev–Trinajstić information content (AvgIpc) is 3.20. The molecule has 5 nitrogen and oxygen atoms in total. The van der Waals surface area contributed by atoms with Crippen LogP contribution in [0.1, 0.15) is 19.8 Å². The smallest absolute Gasteiger partial charge is 0.262 e. The number of nitrogens with zero attached hydrogens (tertiary/aromatic N) is 3. The predicted octanol–water partition coefficient (Wildman–Crippen LogP) is 3.28. The molecule has 1 saturated heterocycles. The molecular weight excluding hydrogens is 346 g/mol. The molecule has 0 spiro atoms. The number of hydrogen-bond acceptors (Lipinski definition) is 4. The summed E-state index contributed by atoms with van der Waals surface area (Å²) in [4.78, 5) is 31.9. The van der Waals surface area contributed by atoms with Gasteiger partial charge in [0.15, 0.2) is 5.16 Å². The van der Waals surface area contributed by atoms with Gasteiger partial charge in [0.1, 0.15) is 0 Å². The van der Waals surface area contributed by atoms with Crippen LogP contribution in [0, 0.1) is 0 Å². The Morgan fingerprint density at radius 3 is 2.54 bits per heavy atom. The maximum absolute atomic E-state index is 12.9. The Kier molecular flexibility index (Phi) is 4.68. The lowest BCUT2D eigenvalue weighted by molar-refractivity contribution is -0.127. The van der Waals surface area contributed by atoms with E-state index in [1.54, 1.807) is 4.57 Å². The van der Waals surface area contributed by atoms with E-state index >= 15 is 0 Å². The Hall–Kier alpha value is -2.34. The van der Waals surface area contributed by atoms with Gasteiger partial charge in [0.2, 0.25) is 5.91 Å². The highest BCUT2D eigenvalue weighted by Gasteiger charge is 2.19. The van der Waals surface area contributed by atoms with E-state index in [1.807, 2.05) is 48.2 Å². The molecule has 0 N–H and O–H groups in total. The number of carbonyl (C=O) groups excluding carboxylic acids is 1. The van der Waals surface area contributed by atoms with Gasteiger partial charge in [0.05, 0.1) is 16.7 Å². The summed E-state index contributed by atoms with van der Waals surface area (Å²) in [6.07, 6.45) is 2.16. The second-order valence-corrected chi connectivity index (χ2v) is 7.48. The summed E-state index contributed by atoms with van der Waals surface area (Å²) < 4.78 is 1.67. The van der Waals surface area contributed by atoms with E-state index in [4.69, 9.17) is 4.98 Å². The fourth-order valence-electron chi connectivity index (χ4n) is 3.46. The number of likely N-dealkylation sites (tertiary alicyclic amines) is 1. The number of aromatic nitrogens is 2. The molecule has 0 unspecified atom stereocenters. The maximum Gasteiger partial charge on any atom is 0.262 e. The Labute approximate surface area is 156 Å². The third-order valence-electron chi connectivity index (χ3n) is 4.89. The monoisotopic (exact) mass is 367 g/mol. The van der Waals surface area contributed by atoms with Crippen molar-refractivity contribution in [3.63, 3.8) is 0 Å².